The van der Waals surface area contributed by atoms with Crippen molar-refractivity contribution in [2.45, 2.75) is 57.4 Å². The number of likely N-dealkylation sites (tertiary alicyclic amines) is 2. The number of guanidine groups is 1. The van der Waals surface area contributed by atoms with Gasteiger partial charge in [0, 0.05) is 25.7 Å². The van der Waals surface area contributed by atoms with Crippen LogP contribution in [0.15, 0.2) is 29.3 Å². The van der Waals surface area contributed by atoms with Crippen LogP contribution in [0, 0.1) is 6.92 Å². The van der Waals surface area contributed by atoms with E-state index in [9.17, 15) is 0 Å². The number of nitrogens with zero attached hydrogens (tertiary/aromatic N) is 3. The molecule has 6 heteroatoms. The molecule has 0 bridgehead atoms. The van der Waals surface area contributed by atoms with Crippen molar-refractivity contribution in [1.82, 2.24) is 20.4 Å². The molecular weight excluding hydrogens is 485 g/mol. The quantitative estimate of drug-likeness (QED) is 0.336. The Morgan fingerprint density at radius 2 is 1.80 bits per heavy atom. The fourth-order valence-corrected chi connectivity index (χ4v) is 4.82. The highest BCUT2D eigenvalue weighted by molar-refractivity contribution is 14.0. The largest absolute Gasteiger partial charge is 0.356 e. The Hall–Kier alpha value is -0.860. The Morgan fingerprint density at radius 3 is 2.43 bits per heavy atom. The first-order chi connectivity index (χ1) is 14.0. The zero-order valence-corrected chi connectivity index (χ0v) is 21.7. The van der Waals surface area contributed by atoms with E-state index in [1.165, 1.54) is 69.4 Å². The fourth-order valence-electron chi connectivity index (χ4n) is 4.82. The van der Waals surface area contributed by atoms with Crippen LogP contribution in [0.3, 0.4) is 0 Å². The number of piperidine rings is 2. The van der Waals surface area contributed by atoms with E-state index in [0.29, 0.717) is 5.92 Å². The smallest absolute Gasteiger partial charge is 0.191 e. The minimum absolute atomic E-state index is 0. The van der Waals surface area contributed by atoms with Crippen LogP contribution in [0.5, 0.6) is 0 Å². The first-order valence-electron chi connectivity index (χ1n) is 11.5. The van der Waals surface area contributed by atoms with Crippen LogP contribution in [-0.2, 0) is 0 Å². The number of rotatable bonds is 6. The van der Waals surface area contributed by atoms with Crippen molar-refractivity contribution in [3.63, 3.8) is 0 Å². The molecule has 0 radical (unpaired) electrons. The molecule has 5 nitrogen and oxygen atoms in total. The second-order valence-electron chi connectivity index (χ2n) is 9.20. The van der Waals surface area contributed by atoms with E-state index in [-0.39, 0.29) is 29.5 Å². The summed E-state index contributed by atoms with van der Waals surface area (Å²) in [7, 11) is 4.13. The molecule has 2 aliphatic heterocycles. The molecule has 0 aliphatic carbocycles. The highest BCUT2D eigenvalue weighted by Gasteiger charge is 2.39. The Balaban J connectivity index is 0.00000320. The summed E-state index contributed by atoms with van der Waals surface area (Å²) in [5, 5.41) is 7.25. The third kappa shape index (κ3) is 6.82. The molecule has 0 amide bonds. The summed E-state index contributed by atoms with van der Waals surface area (Å²) in [5.74, 6) is 1.38. The fraction of sp³-hybridized carbons (Fsp3) is 0.708. The van der Waals surface area contributed by atoms with E-state index >= 15 is 0 Å². The van der Waals surface area contributed by atoms with E-state index in [4.69, 9.17) is 0 Å². The second-order valence-corrected chi connectivity index (χ2v) is 9.20. The SMILES string of the molecule is CN=C(NCC(C)c1cccc(C)c1)NCC1(N2CCCCC2)CCN(C)CC1.I. The zero-order chi connectivity index (χ0) is 20.7. The third-order valence-corrected chi connectivity index (χ3v) is 6.94. The van der Waals surface area contributed by atoms with Gasteiger partial charge in [0.1, 0.15) is 0 Å². The van der Waals surface area contributed by atoms with Gasteiger partial charge in [0.05, 0.1) is 0 Å². The van der Waals surface area contributed by atoms with E-state index in [0.717, 1.165) is 19.0 Å². The topological polar surface area (TPSA) is 42.9 Å². The number of halogens is 1. The number of aliphatic imine (C=N–C) groups is 1. The van der Waals surface area contributed by atoms with Crippen molar-refractivity contribution in [2.75, 3.05) is 53.4 Å². The van der Waals surface area contributed by atoms with Gasteiger partial charge in [0.2, 0.25) is 0 Å². The van der Waals surface area contributed by atoms with Gasteiger partial charge in [-0.2, -0.15) is 0 Å². The lowest BCUT2D eigenvalue weighted by Crippen LogP contribution is -2.62. The summed E-state index contributed by atoms with van der Waals surface area (Å²) < 4.78 is 0. The van der Waals surface area contributed by atoms with Crippen molar-refractivity contribution in [3.8, 4) is 0 Å². The minimum Gasteiger partial charge on any atom is -0.356 e. The van der Waals surface area contributed by atoms with Gasteiger partial charge in [-0.15, -0.1) is 24.0 Å². The second kappa shape index (κ2) is 12.2. The molecule has 1 unspecified atom stereocenters. The average Bonchev–Trinajstić information content (AvgIpc) is 2.75. The molecule has 1 aromatic rings. The van der Waals surface area contributed by atoms with Crippen LogP contribution in [0.1, 0.15) is 56.1 Å². The molecule has 2 N–H and O–H groups in total. The van der Waals surface area contributed by atoms with Gasteiger partial charge in [-0.3, -0.25) is 9.89 Å². The number of hydrogen-bond acceptors (Lipinski definition) is 3. The standard InChI is InChI=1S/C24H41N5.HI/c1-20-9-8-10-22(17-20)21(2)18-26-23(25-3)27-19-24(11-15-28(4)16-12-24)29-13-6-5-7-14-29;/h8-10,17,21H,5-7,11-16,18-19H2,1-4H3,(H2,25,26,27);1H. The third-order valence-electron chi connectivity index (χ3n) is 6.94. The molecule has 0 spiro atoms. The summed E-state index contributed by atoms with van der Waals surface area (Å²) >= 11 is 0. The van der Waals surface area contributed by atoms with E-state index in [2.05, 4.69) is 70.6 Å². The maximum absolute atomic E-state index is 4.51. The zero-order valence-electron chi connectivity index (χ0n) is 19.4. The van der Waals surface area contributed by atoms with Crippen molar-refractivity contribution < 1.29 is 0 Å². The van der Waals surface area contributed by atoms with Crippen LogP contribution >= 0.6 is 24.0 Å². The number of nitrogens with one attached hydrogen (secondary N) is 2. The number of hydrogen-bond donors (Lipinski definition) is 2. The highest BCUT2D eigenvalue weighted by atomic mass is 127. The molecule has 2 aliphatic rings. The maximum Gasteiger partial charge on any atom is 0.191 e. The van der Waals surface area contributed by atoms with E-state index < -0.39 is 0 Å². The van der Waals surface area contributed by atoms with Gasteiger partial charge < -0.3 is 15.5 Å². The van der Waals surface area contributed by atoms with Gasteiger partial charge in [-0.1, -0.05) is 43.2 Å². The van der Waals surface area contributed by atoms with Crippen LogP contribution in [0.4, 0.5) is 0 Å². The minimum atomic E-state index is 0. The van der Waals surface area contributed by atoms with Gasteiger partial charge in [0.15, 0.2) is 5.96 Å². The molecule has 0 saturated carbocycles. The van der Waals surface area contributed by atoms with Crippen LogP contribution in [-0.4, -0.2) is 74.7 Å². The Kier molecular flexibility index (Phi) is 10.4. The van der Waals surface area contributed by atoms with E-state index in [1.54, 1.807) is 0 Å². The Morgan fingerprint density at radius 1 is 1.10 bits per heavy atom. The Bertz CT molecular complexity index is 663. The van der Waals surface area contributed by atoms with Crippen molar-refractivity contribution in [1.29, 1.82) is 0 Å². The summed E-state index contributed by atoms with van der Waals surface area (Å²) in [6, 6.07) is 8.81. The summed E-state index contributed by atoms with van der Waals surface area (Å²) in [5.41, 5.74) is 2.97. The molecule has 2 saturated heterocycles. The normalized spacial score (nSPS) is 21.5. The first-order valence-corrected chi connectivity index (χ1v) is 11.5. The van der Waals surface area contributed by atoms with Crippen LogP contribution in [0.2, 0.25) is 0 Å². The van der Waals surface area contributed by atoms with Crippen LogP contribution in [0.25, 0.3) is 0 Å². The van der Waals surface area contributed by atoms with Crippen LogP contribution < -0.4 is 10.6 Å². The summed E-state index contributed by atoms with van der Waals surface area (Å²) in [6.45, 7) is 11.2. The van der Waals surface area contributed by atoms with Crippen molar-refractivity contribution >= 4 is 29.9 Å². The molecule has 0 aromatic heterocycles. The first kappa shape index (κ1) is 25.4. The lowest BCUT2D eigenvalue weighted by atomic mass is 9.84. The number of benzene rings is 1. The molecule has 3 rings (SSSR count). The highest BCUT2D eigenvalue weighted by Crippen LogP contribution is 2.30. The molecule has 1 aromatic carbocycles. The van der Waals surface area contributed by atoms with Gasteiger partial charge >= 0.3 is 0 Å². The van der Waals surface area contributed by atoms with E-state index in [1.807, 2.05) is 7.05 Å². The predicted octanol–water partition coefficient (Wildman–Crippen LogP) is 3.83. The van der Waals surface area contributed by atoms with Gasteiger partial charge in [-0.05, 0) is 77.3 Å². The van der Waals surface area contributed by atoms with Crippen molar-refractivity contribution in [3.05, 3.63) is 35.4 Å². The number of aryl methyl sites for hydroxylation is 1. The molecule has 2 fully saturated rings. The lowest BCUT2D eigenvalue weighted by Gasteiger charge is -2.50. The Labute approximate surface area is 201 Å². The van der Waals surface area contributed by atoms with Gasteiger partial charge in [0.25, 0.3) is 0 Å². The summed E-state index contributed by atoms with van der Waals surface area (Å²) in [4.78, 5) is 9.76. The molecule has 2 heterocycles. The van der Waals surface area contributed by atoms with Gasteiger partial charge in [-0.25, -0.2) is 0 Å². The van der Waals surface area contributed by atoms with Crippen molar-refractivity contribution in [2.24, 2.45) is 4.99 Å². The lowest BCUT2D eigenvalue weighted by molar-refractivity contribution is 0.0173. The predicted molar refractivity (Wildman–Crippen MR) is 139 cm³/mol. The average molecular weight is 528 g/mol. The molecule has 170 valence electrons. The molecule has 1 atom stereocenters. The maximum atomic E-state index is 4.51. The summed E-state index contributed by atoms with van der Waals surface area (Å²) in [6.07, 6.45) is 6.57. The molecule has 30 heavy (non-hydrogen) atoms. The molecular formula is C24H42IN5. The monoisotopic (exact) mass is 527 g/mol.